The summed E-state index contributed by atoms with van der Waals surface area (Å²) in [6.07, 6.45) is 1.36. The van der Waals surface area contributed by atoms with E-state index in [-0.39, 0.29) is 29.1 Å². The molecular formula is C25H23N5O6. The summed E-state index contributed by atoms with van der Waals surface area (Å²) in [4.78, 5) is 50.2. The number of carbonyl (C=O) groups is 3. The van der Waals surface area contributed by atoms with Crippen LogP contribution in [0.4, 0.5) is 11.4 Å². The van der Waals surface area contributed by atoms with Gasteiger partial charge < -0.3 is 20.1 Å². The predicted molar refractivity (Wildman–Crippen MR) is 131 cm³/mol. The number of benzene rings is 2. The molecule has 2 amide bonds. The van der Waals surface area contributed by atoms with Gasteiger partial charge in [-0.25, -0.2) is 18.7 Å². The van der Waals surface area contributed by atoms with Crippen molar-refractivity contribution in [2.75, 3.05) is 24.4 Å². The molecule has 184 valence electrons. The molecule has 0 aliphatic rings. The molecule has 0 saturated heterocycles. The zero-order chi connectivity index (χ0) is 25.7. The number of ether oxygens (including phenoxy) is 2. The molecule has 2 aromatic carbocycles. The fourth-order valence-electron chi connectivity index (χ4n) is 3.44. The van der Waals surface area contributed by atoms with Crippen molar-refractivity contribution in [3.63, 3.8) is 0 Å². The number of pyridine rings is 1. The van der Waals surface area contributed by atoms with E-state index in [9.17, 15) is 19.2 Å². The Kier molecular flexibility index (Phi) is 7.10. The van der Waals surface area contributed by atoms with E-state index in [1.807, 2.05) is 0 Å². The average molecular weight is 489 g/mol. The third kappa shape index (κ3) is 5.25. The van der Waals surface area contributed by atoms with E-state index in [0.717, 1.165) is 4.68 Å². The Labute approximate surface area is 205 Å². The first kappa shape index (κ1) is 24.2. The molecule has 4 rings (SSSR count). The van der Waals surface area contributed by atoms with Gasteiger partial charge in [-0.05, 0) is 55.5 Å². The maximum absolute atomic E-state index is 12.8. The summed E-state index contributed by atoms with van der Waals surface area (Å²) in [7, 11) is 1.55. The van der Waals surface area contributed by atoms with Crippen molar-refractivity contribution in [1.82, 2.24) is 14.2 Å². The lowest BCUT2D eigenvalue weighted by atomic mass is 10.2. The van der Waals surface area contributed by atoms with Crippen LogP contribution in [0.5, 0.6) is 5.75 Å². The first-order valence-electron chi connectivity index (χ1n) is 11.0. The molecule has 0 saturated carbocycles. The molecule has 2 N–H and O–H groups in total. The monoisotopic (exact) mass is 489 g/mol. The van der Waals surface area contributed by atoms with Gasteiger partial charge in [0.2, 0.25) is 5.91 Å². The van der Waals surface area contributed by atoms with Crippen LogP contribution in [-0.4, -0.2) is 45.7 Å². The predicted octanol–water partition coefficient (Wildman–Crippen LogP) is 2.57. The van der Waals surface area contributed by atoms with E-state index in [1.54, 1.807) is 56.5 Å². The zero-order valence-corrected chi connectivity index (χ0v) is 19.6. The summed E-state index contributed by atoms with van der Waals surface area (Å²) < 4.78 is 12.3. The summed E-state index contributed by atoms with van der Waals surface area (Å²) in [5.41, 5.74) is 0.910. The summed E-state index contributed by atoms with van der Waals surface area (Å²) in [5, 5.41) is 9.51. The second-order valence-corrected chi connectivity index (χ2v) is 7.58. The Balaban J connectivity index is 1.50. The molecular weight excluding hydrogens is 466 g/mol. The van der Waals surface area contributed by atoms with Crippen LogP contribution in [0.3, 0.4) is 0 Å². The molecule has 0 bridgehead atoms. The fraction of sp³-hybridized carbons (Fsp3) is 0.160. The average Bonchev–Trinajstić information content (AvgIpc) is 3.19. The van der Waals surface area contributed by atoms with E-state index in [1.165, 1.54) is 28.8 Å². The lowest BCUT2D eigenvalue weighted by Crippen LogP contribution is -2.29. The van der Waals surface area contributed by atoms with E-state index in [0.29, 0.717) is 11.4 Å². The van der Waals surface area contributed by atoms with E-state index in [2.05, 4.69) is 15.7 Å². The number of carbonyl (C=O) groups excluding carboxylic acids is 3. The molecule has 0 fully saturated rings. The number of aromatic nitrogens is 3. The van der Waals surface area contributed by atoms with Crippen LogP contribution < -0.4 is 21.1 Å². The SMILES string of the molecule is CCOC(=O)c1ccccc1NC(=O)Cn1nc2ccc(C(=O)Nc3ccc(OC)cc3)cn2c1=O. The molecule has 0 aliphatic carbocycles. The van der Waals surface area contributed by atoms with Gasteiger partial charge in [0.1, 0.15) is 12.3 Å². The molecule has 0 aliphatic heterocycles. The lowest BCUT2D eigenvalue weighted by molar-refractivity contribution is -0.117. The normalized spacial score (nSPS) is 10.6. The van der Waals surface area contributed by atoms with Crippen molar-refractivity contribution in [2.24, 2.45) is 0 Å². The van der Waals surface area contributed by atoms with E-state index >= 15 is 0 Å². The van der Waals surface area contributed by atoms with Crippen molar-refractivity contribution in [2.45, 2.75) is 13.5 Å². The maximum Gasteiger partial charge on any atom is 0.350 e. The summed E-state index contributed by atoms with van der Waals surface area (Å²) in [5.74, 6) is -0.898. The standard InChI is InChI=1S/C25H23N5O6/c1-3-36-24(33)19-6-4-5-7-20(19)27-22(31)15-30-25(34)29-14-16(8-13-21(29)28-30)23(32)26-17-9-11-18(35-2)12-10-17/h4-14H,3,15H2,1-2H3,(H,26,32)(H,27,31). The maximum atomic E-state index is 12.8. The number of amides is 2. The number of rotatable bonds is 8. The van der Waals surface area contributed by atoms with Crippen molar-refractivity contribution >= 4 is 34.8 Å². The van der Waals surface area contributed by atoms with Crippen LogP contribution in [-0.2, 0) is 16.1 Å². The number of esters is 1. The Morgan fingerprint density at radius 1 is 0.972 bits per heavy atom. The first-order chi connectivity index (χ1) is 17.4. The zero-order valence-electron chi connectivity index (χ0n) is 19.6. The quantitative estimate of drug-likeness (QED) is 0.364. The molecule has 0 radical (unpaired) electrons. The number of nitrogens with one attached hydrogen (secondary N) is 2. The Hall–Kier alpha value is -4.93. The minimum Gasteiger partial charge on any atom is -0.497 e. The Bertz CT molecular complexity index is 1490. The number of anilines is 2. The van der Waals surface area contributed by atoms with Gasteiger partial charge in [-0.15, -0.1) is 5.10 Å². The minimum atomic E-state index is -0.599. The van der Waals surface area contributed by atoms with Crippen LogP contribution in [0, 0.1) is 0 Å². The second-order valence-electron chi connectivity index (χ2n) is 7.58. The molecule has 11 nitrogen and oxygen atoms in total. The second kappa shape index (κ2) is 10.6. The molecule has 36 heavy (non-hydrogen) atoms. The van der Waals surface area contributed by atoms with Crippen molar-refractivity contribution in [3.8, 4) is 5.75 Å². The van der Waals surface area contributed by atoms with Crippen molar-refractivity contribution in [1.29, 1.82) is 0 Å². The number of methoxy groups -OCH3 is 1. The molecule has 0 unspecified atom stereocenters. The van der Waals surface area contributed by atoms with Gasteiger partial charge in [-0.3, -0.25) is 9.59 Å². The van der Waals surface area contributed by atoms with Gasteiger partial charge in [0.05, 0.1) is 30.5 Å². The van der Waals surface area contributed by atoms with Gasteiger partial charge >= 0.3 is 11.7 Å². The highest BCUT2D eigenvalue weighted by molar-refractivity contribution is 6.04. The number of para-hydroxylation sites is 1. The Morgan fingerprint density at radius 2 is 1.72 bits per heavy atom. The number of nitrogens with zero attached hydrogens (tertiary/aromatic N) is 3. The summed E-state index contributed by atoms with van der Waals surface area (Å²) >= 11 is 0. The highest BCUT2D eigenvalue weighted by Gasteiger charge is 2.17. The molecule has 2 heterocycles. The Morgan fingerprint density at radius 3 is 2.44 bits per heavy atom. The van der Waals surface area contributed by atoms with Crippen LogP contribution in [0.1, 0.15) is 27.6 Å². The topological polar surface area (TPSA) is 133 Å². The third-order valence-electron chi connectivity index (χ3n) is 5.18. The van der Waals surface area contributed by atoms with E-state index in [4.69, 9.17) is 9.47 Å². The molecule has 4 aromatic rings. The van der Waals surface area contributed by atoms with Crippen molar-refractivity contribution < 1.29 is 23.9 Å². The molecule has 2 aromatic heterocycles. The minimum absolute atomic E-state index is 0.192. The fourth-order valence-corrected chi connectivity index (χ4v) is 3.44. The third-order valence-corrected chi connectivity index (χ3v) is 5.18. The largest absolute Gasteiger partial charge is 0.497 e. The van der Waals surface area contributed by atoms with Crippen LogP contribution in [0.2, 0.25) is 0 Å². The lowest BCUT2D eigenvalue weighted by Gasteiger charge is -2.10. The van der Waals surface area contributed by atoms with Gasteiger partial charge in [0, 0.05) is 11.9 Å². The van der Waals surface area contributed by atoms with Gasteiger partial charge in [0.25, 0.3) is 5.91 Å². The van der Waals surface area contributed by atoms with Gasteiger partial charge in [-0.1, -0.05) is 12.1 Å². The highest BCUT2D eigenvalue weighted by atomic mass is 16.5. The summed E-state index contributed by atoms with van der Waals surface area (Å²) in [6.45, 7) is 1.48. The highest BCUT2D eigenvalue weighted by Crippen LogP contribution is 2.17. The molecule has 11 heteroatoms. The smallest absolute Gasteiger partial charge is 0.350 e. The van der Waals surface area contributed by atoms with Crippen molar-refractivity contribution in [3.05, 3.63) is 88.5 Å². The van der Waals surface area contributed by atoms with Gasteiger partial charge in [-0.2, -0.15) is 0 Å². The molecule has 0 atom stereocenters. The van der Waals surface area contributed by atoms with E-state index < -0.39 is 30.0 Å². The summed E-state index contributed by atoms with van der Waals surface area (Å²) in [6, 6.07) is 16.2. The molecule has 0 spiro atoms. The van der Waals surface area contributed by atoms with Gasteiger partial charge in [0.15, 0.2) is 5.65 Å². The number of hydrogen-bond acceptors (Lipinski definition) is 7. The van der Waals surface area contributed by atoms with Crippen LogP contribution in [0.25, 0.3) is 5.65 Å². The first-order valence-corrected chi connectivity index (χ1v) is 11.0. The van der Waals surface area contributed by atoms with Crippen LogP contribution in [0.15, 0.2) is 71.7 Å². The number of fused-ring (bicyclic) bond motifs is 1. The number of hydrogen-bond donors (Lipinski definition) is 2. The van der Waals surface area contributed by atoms with Crippen LogP contribution >= 0.6 is 0 Å².